The van der Waals surface area contributed by atoms with Gasteiger partial charge in [0.25, 0.3) is 5.91 Å². The molecular formula is C23H31N2O3+. The molecule has 0 saturated heterocycles. The summed E-state index contributed by atoms with van der Waals surface area (Å²) in [6.45, 7) is 5.23. The maximum atomic E-state index is 12.7. The molecule has 5 heteroatoms. The third-order valence-corrected chi connectivity index (χ3v) is 5.51. The molecule has 5 nitrogen and oxygen atoms in total. The van der Waals surface area contributed by atoms with Gasteiger partial charge in [0.1, 0.15) is 6.54 Å². The quantitative estimate of drug-likeness (QED) is 0.737. The molecule has 0 saturated carbocycles. The van der Waals surface area contributed by atoms with E-state index in [-0.39, 0.29) is 11.9 Å². The zero-order valence-electron chi connectivity index (χ0n) is 17.3. The molecule has 2 N–H and O–H groups in total. The van der Waals surface area contributed by atoms with Crippen molar-refractivity contribution < 1.29 is 19.2 Å². The van der Waals surface area contributed by atoms with Crippen LogP contribution in [0.2, 0.25) is 0 Å². The Balaban J connectivity index is 1.62. The zero-order chi connectivity index (χ0) is 20.1. The summed E-state index contributed by atoms with van der Waals surface area (Å²) < 4.78 is 11.0. The Morgan fingerprint density at radius 1 is 1.14 bits per heavy atom. The molecule has 1 aliphatic carbocycles. The number of methoxy groups -OCH3 is 1. The van der Waals surface area contributed by atoms with Crippen molar-refractivity contribution in [1.29, 1.82) is 0 Å². The molecule has 0 spiro atoms. The van der Waals surface area contributed by atoms with Gasteiger partial charge in [0.05, 0.1) is 20.8 Å². The monoisotopic (exact) mass is 383 g/mol. The van der Waals surface area contributed by atoms with E-state index < -0.39 is 0 Å². The van der Waals surface area contributed by atoms with Crippen LogP contribution in [-0.2, 0) is 24.2 Å². The van der Waals surface area contributed by atoms with Crippen LogP contribution >= 0.6 is 0 Å². The standard InChI is InChI=1S/C23H30N2O3/c1-5-28-21-12-9-17(13-22(21)27-4)15-25(3)16(2)23(26)24-20-11-10-18-7-6-8-19(18)14-20/h9-14,16H,5-8,15H2,1-4H3,(H,24,26)/p+1/t16-/m1/s1. The number of quaternary nitrogens is 1. The van der Waals surface area contributed by atoms with Crippen molar-refractivity contribution >= 4 is 11.6 Å². The van der Waals surface area contributed by atoms with Gasteiger partial charge in [0.2, 0.25) is 0 Å². The zero-order valence-corrected chi connectivity index (χ0v) is 17.3. The number of aryl methyl sites for hydroxylation is 2. The van der Waals surface area contributed by atoms with Crippen molar-refractivity contribution in [3.8, 4) is 11.5 Å². The van der Waals surface area contributed by atoms with Gasteiger partial charge in [0, 0.05) is 11.3 Å². The van der Waals surface area contributed by atoms with Crippen molar-refractivity contribution in [3.05, 3.63) is 53.1 Å². The normalized spacial score (nSPS) is 14.9. The summed E-state index contributed by atoms with van der Waals surface area (Å²) in [6.07, 6.45) is 3.47. The number of hydrogen-bond donors (Lipinski definition) is 2. The van der Waals surface area contributed by atoms with Gasteiger partial charge in [-0.1, -0.05) is 6.07 Å². The summed E-state index contributed by atoms with van der Waals surface area (Å²) in [7, 11) is 3.68. The Kier molecular flexibility index (Phi) is 6.57. The summed E-state index contributed by atoms with van der Waals surface area (Å²) in [6, 6.07) is 12.1. The third kappa shape index (κ3) is 4.65. The van der Waals surface area contributed by atoms with E-state index in [1.54, 1.807) is 7.11 Å². The summed E-state index contributed by atoms with van der Waals surface area (Å²) in [4.78, 5) is 13.8. The van der Waals surface area contributed by atoms with Gasteiger partial charge in [-0.15, -0.1) is 0 Å². The van der Waals surface area contributed by atoms with Crippen LogP contribution in [0.1, 0.15) is 37.0 Å². The van der Waals surface area contributed by atoms with Gasteiger partial charge < -0.3 is 19.7 Å². The van der Waals surface area contributed by atoms with E-state index >= 15 is 0 Å². The predicted molar refractivity (Wildman–Crippen MR) is 111 cm³/mol. The number of benzene rings is 2. The van der Waals surface area contributed by atoms with Crippen LogP contribution in [0.5, 0.6) is 11.5 Å². The lowest BCUT2D eigenvalue weighted by molar-refractivity contribution is -0.907. The minimum absolute atomic E-state index is 0.0355. The Morgan fingerprint density at radius 3 is 2.68 bits per heavy atom. The second-order valence-corrected chi connectivity index (χ2v) is 7.49. The molecule has 3 rings (SSSR count). The lowest BCUT2D eigenvalue weighted by Gasteiger charge is -2.22. The number of nitrogens with one attached hydrogen (secondary N) is 2. The van der Waals surface area contributed by atoms with Crippen molar-refractivity contribution in [2.75, 3.05) is 26.1 Å². The van der Waals surface area contributed by atoms with E-state index in [1.165, 1.54) is 17.5 Å². The van der Waals surface area contributed by atoms with E-state index in [2.05, 4.69) is 17.4 Å². The third-order valence-electron chi connectivity index (χ3n) is 5.51. The van der Waals surface area contributed by atoms with E-state index in [0.717, 1.165) is 47.0 Å². The average Bonchev–Trinajstić information content (AvgIpc) is 3.16. The second kappa shape index (κ2) is 9.11. The maximum Gasteiger partial charge on any atom is 0.282 e. The van der Waals surface area contributed by atoms with Gasteiger partial charge in [-0.2, -0.15) is 0 Å². The molecule has 0 aliphatic heterocycles. The molecule has 1 unspecified atom stereocenters. The number of rotatable bonds is 8. The Hall–Kier alpha value is -2.53. The van der Waals surface area contributed by atoms with Gasteiger partial charge >= 0.3 is 0 Å². The highest BCUT2D eigenvalue weighted by atomic mass is 16.5. The topological polar surface area (TPSA) is 52.0 Å². The van der Waals surface area contributed by atoms with Crippen molar-refractivity contribution in [3.63, 3.8) is 0 Å². The van der Waals surface area contributed by atoms with Crippen LogP contribution < -0.4 is 19.7 Å². The molecule has 1 aliphatic rings. The first-order valence-corrected chi connectivity index (χ1v) is 10.1. The summed E-state index contributed by atoms with van der Waals surface area (Å²) in [5, 5.41) is 3.08. The molecule has 0 heterocycles. The fourth-order valence-electron chi connectivity index (χ4n) is 3.70. The Labute approximate surface area is 167 Å². The van der Waals surface area contributed by atoms with Crippen LogP contribution in [-0.4, -0.2) is 32.7 Å². The largest absolute Gasteiger partial charge is 0.493 e. The molecular weight excluding hydrogens is 352 g/mol. The number of anilines is 1. The molecule has 0 aromatic heterocycles. The summed E-state index contributed by atoms with van der Waals surface area (Å²) >= 11 is 0. The number of carbonyl (C=O) groups excluding carboxylic acids is 1. The molecule has 150 valence electrons. The van der Waals surface area contributed by atoms with Crippen molar-refractivity contribution in [2.24, 2.45) is 0 Å². The summed E-state index contributed by atoms with van der Waals surface area (Å²) in [5.41, 5.74) is 4.79. The molecule has 2 aromatic rings. The van der Waals surface area contributed by atoms with Crippen LogP contribution in [0.4, 0.5) is 5.69 Å². The molecule has 0 bridgehead atoms. The first kappa shape index (κ1) is 20.2. The first-order chi connectivity index (χ1) is 13.5. The van der Waals surface area contributed by atoms with E-state index in [1.807, 2.05) is 45.2 Å². The average molecular weight is 384 g/mol. The van der Waals surface area contributed by atoms with E-state index in [9.17, 15) is 4.79 Å². The lowest BCUT2D eigenvalue weighted by Crippen LogP contribution is -3.12. The molecule has 2 atom stereocenters. The van der Waals surface area contributed by atoms with Crippen LogP contribution in [0.15, 0.2) is 36.4 Å². The molecule has 2 aromatic carbocycles. The molecule has 0 fully saturated rings. The van der Waals surface area contributed by atoms with Crippen LogP contribution in [0.25, 0.3) is 0 Å². The number of likely N-dealkylation sites (N-methyl/N-ethyl adjacent to an activating group) is 1. The first-order valence-electron chi connectivity index (χ1n) is 10.1. The smallest absolute Gasteiger partial charge is 0.282 e. The van der Waals surface area contributed by atoms with E-state index in [4.69, 9.17) is 9.47 Å². The van der Waals surface area contributed by atoms with Crippen LogP contribution in [0.3, 0.4) is 0 Å². The lowest BCUT2D eigenvalue weighted by atomic mass is 10.1. The number of fused-ring (bicyclic) bond motifs is 1. The highest BCUT2D eigenvalue weighted by Gasteiger charge is 2.23. The minimum atomic E-state index is -0.175. The summed E-state index contributed by atoms with van der Waals surface area (Å²) in [5.74, 6) is 1.50. The van der Waals surface area contributed by atoms with E-state index in [0.29, 0.717) is 6.61 Å². The number of hydrogen-bond acceptors (Lipinski definition) is 3. The fourth-order valence-corrected chi connectivity index (χ4v) is 3.70. The Morgan fingerprint density at radius 2 is 1.93 bits per heavy atom. The van der Waals surface area contributed by atoms with Gasteiger partial charge in [-0.25, -0.2) is 0 Å². The van der Waals surface area contributed by atoms with Crippen LogP contribution in [0, 0.1) is 0 Å². The van der Waals surface area contributed by atoms with Crippen molar-refractivity contribution in [2.45, 2.75) is 45.7 Å². The van der Waals surface area contributed by atoms with Gasteiger partial charge in [-0.05, 0) is 74.6 Å². The SMILES string of the molecule is CCOc1ccc(C[NH+](C)[C@H](C)C(=O)Nc2ccc3c(c2)CCC3)cc1OC. The number of amides is 1. The maximum absolute atomic E-state index is 12.7. The highest BCUT2D eigenvalue weighted by Crippen LogP contribution is 2.28. The number of carbonyl (C=O) groups is 1. The van der Waals surface area contributed by atoms with Gasteiger partial charge in [0.15, 0.2) is 17.5 Å². The molecule has 1 amide bonds. The molecule has 0 radical (unpaired) electrons. The minimum Gasteiger partial charge on any atom is -0.493 e. The number of ether oxygens (including phenoxy) is 2. The van der Waals surface area contributed by atoms with Crippen molar-refractivity contribution in [1.82, 2.24) is 0 Å². The highest BCUT2D eigenvalue weighted by molar-refractivity contribution is 5.93. The fraction of sp³-hybridized carbons (Fsp3) is 0.435. The second-order valence-electron chi connectivity index (χ2n) is 7.49. The predicted octanol–water partition coefficient (Wildman–Crippen LogP) is 2.62. The van der Waals surface area contributed by atoms with Gasteiger partial charge in [-0.3, -0.25) is 4.79 Å². The Bertz CT molecular complexity index is 835. The molecule has 28 heavy (non-hydrogen) atoms.